The monoisotopic (exact) mass is 542 g/mol. The Kier molecular flexibility index (Phi) is 7.25. The van der Waals surface area contributed by atoms with Crippen LogP contribution in [0.15, 0.2) is 27.1 Å². The maximum atomic E-state index is 13.0. The molecular formula is C23H32Br2N2O3. The van der Waals surface area contributed by atoms with Gasteiger partial charge in [-0.3, -0.25) is 9.69 Å². The molecule has 0 aromatic heterocycles. The Bertz CT molecular complexity index is 751. The van der Waals surface area contributed by atoms with Crippen LogP contribution in [0.4, 0.5) is 0 Å². The summed E-state index contributed by atoms with van der Waals surface area (Å²) in [6.45, 7) is 5.86. The van der Waals surface area contributed by atoms with E-state index in [0.717, 1.165) is 59.7 Å². The van der Waals surface area contributed by atoms with Crippen LogP contribution in [-0.4, -0.2) is 54.5 Å². The van der Waals surface area contributed by atoms with Crippen LogP contribution in [0.3, 0.4) is 0 Å². The summed E-state index contributed by atoms with van der Waals surface area (Å²) in [4.78, 5) is 15.7. The van der Waals surface area contributed by atoms with E-state index in [1.807, 2.05) is 18.2 Å². The Hall–Kier alpha value is -0.470. The fourth-order valence-corrected chi connectivity index (χ4v) is 6.27. The molecule has 1 N–H and O–H groups in total. The molecule has 166 valence electrons. The smallest absolute Gasteiger partial charge is 0.224 e. The molecule has 4 rings (SSSR count). The number of hydrogen-bond donors (Lipinski definition) is 1. The number of ether oxygens (including phenoxy) is 2. The van der Waals surface area contributed by atoms with Gasteiger partial charge in [0, 0.05) is 33.4 Å². The molecule has 2 saturated heterocycles. The van der Waals surface area contributed by atoms with Gasteiger partial charge >= 0.3 is 0 Å². The zero-order valence-electron chi connectivity index (χ0n) is 17.7. The van der Waals surface area contributed by atoms with Gasteiger partial charge in [-0.1, -0.05) is 13.0 Å². The first kappa shape index (κ1) is 22.7. The highest BCUT2D eigenvalue weighted by atomic mass is 79.9. The van der Waals surface area contributed by atoms with E-state index in [1.54, 1.807) is 0 Å². The van der Waals surface area contributed by atoms with Gasteiger partial charge in [-0.15, -0.1) is 0 Å². The molecule has 5 nitrogen and oxygen atoms in total. The van der Waals surface area contributed by atoms with E-state index in [4.69, 9.17) is 9.47 Å². The van der Waals surface area contributed by atoms with Gasteiger partial charge in [-0.05, 0) is 94.7 Å². The number of carbonyl (C=O) groups excluding carboxylic acids is 1. The molecule has 1 spiro atoms. The summed E-state index contributed by atoms with van der Waals surface area (Å²) in [6.07, 6.45) is 7.67. The van der Waals surface area contributed by atoms with E-state index in [2.05, 4.69) is 49.0 Å². The topological polar surface area (TPSA) is 50.8 Å². The normalized spacial score (nSPS) is 24.2. The van der Waals surface area contributed by atoms with Crippen molar-refractivity contribution >= 4 is 37.8 Å². The van der Waals surface area contributed by atoms with Crippen LogP contribution < -0.4 is 5.32 Å². The van der Waals surface area contributed by atoms with Crippen molar-refractivity contribution in [2.24, 2.45) is 0 Å². The quantitative estimate of drug-likeness (QED) is 0.560. The number of nitrogens with one attached hydrogen (secondary N) is 1. The van der Waals surface area contributed by atoms with Crippen LogP contribution in [0.25, 0.3) is 0 Å². The Morgan fingerprint density at radius 2 is 1.77 bits per heavy atom. The van der Waals surface area contributed by atoms with E-state index in [9.17, 15) is 4.79 Å². The molecule has 2 aliphatic heterocycles. The number of amides is 1. The number of benzene rings is 1. The molecule has 0 radical (unpaired) electrons. The van der Waals surface area contributed by atoms with Crippen LogP contribution in [0.2, 0.25) is 0 Å². The lowest BCUT2D eigenvalue weighted by molar-refractivity contribution is -0.196. The zero-order chi connectivity index (χ0) is 21.2. The van der Waals surface area contributed by atoms with Crippen LogP contribution in [-0.2, 0) is 20.7 Å². The van der Waals surface area contributed by atoms with Crippen LogP contribution in [0.5, 0.6) is 0 Å². The Balaban J connectivity index is 1.48. The summed E-state index contributed by atoms with van der Waals surface area (Å²) >= 11 is 7.03. The molecule has 1 aromatic carbocycles. The minimum atomic E-state index is -0.380. The lowest BCUT2D eigenvalue weighted by Gasteiger charge is -2.52. The van der Waals surface area contributed by atoms with Gasteiger partial charge in [0.15, 0.2) is 5.79 Å². The fourth-order valence-electron chi connectivity index (χ4n) is 5.59. The molecule has 1 unspecified atom stereocenters. The van der Waals surface area contributed by atoms with Gasteiger partial charge in [0.25, 0.3) is 0 Å². The van der Waals surface area contributed by atoms with Crippen molar-refractivity contribution < 1.29 is 14.3 Å². The molecule has 2 heterocycles. The first-order chi connectivity index (χ1) is 14.5. The van der Waals surface area contributed by atoms with E-state index >= 15 is 0 Å². The number of hydrogen-bond acceptors (Lipinski definition) is 4. The van der Waals surface area contributed by atoms with Gasteiger partial charge in [0.2, 0.25) is 5.91 Å². The molecule has 3 aliphatic rings. The largest absolute Gasteiger partial charge is 0.351 e. The van der Waals surface area contributed by atoms with Gasteiger partial charge in [-0.25, -0.2) is 0 Å². The lowest BCUT2D eigenvalue weighted by atomic mass is 9.72. The maximum absolute atomic E-state index is 13.0. The minimum absolute atomic E-state index is 0.00176. The van der Waals surface area contributed by atoms with Gasteiger partial charge < -0.3 is 14.8 Å². The predicted octanol–water partition coefficient (Wildman–Crippen LogP) is 4.80. The first-order valence-electron chi connectivity index (χ1n) is 11.2. The number of nitrogens with zero attached hydrogens (tertiary/aromatic N) is 1. The summed E-state index contributed by atoms with van der Waals surface area (Å²) in [5.41, 5.74) is 1.02. The molecule has 1 aromatic rings. The third kappa shape index (κ3) is 4.65. The van der Waals surface area contributed by atoms with Crippen molar-refractivity contribution in [2.75, 3.05) is 26.3 Å². The van der Waals surface area contributed by atoms with E-state index < -0.39 is 0 Å². The molecule has 30 heavy (non-hydrogen) atoms. The SMILES string of the molecule is CCC(NC(=O)Cc1ccc(Br)c(Br)c1)C1(N2CCCC2)CCC2(CC1)OCCO2. The highest BCUT2D eigenvalue weighted by molar-refractivity contribution is 9.13. The minimum Gasteiger partial charge on any atom is -0.351 e. The Morgan fingerprint density at radius 1 is 1.10 bits per heavy atom. The second-order valence-corrected chi connectivity index (χ2v) is 10.6. The summed E-state index contributed by atoms with van der Waals surface area (Å²) in [7, 11) is 0. The summed E-state index contributed by atoms with van der Waals surface area (Å²) < 4.78 is 14.0. The summed E-state index contributed by atoms with van der Waals surface area (Å²) in [6, 6.07) is 6.14. The standard InChI is InChI=1S/C23H32Br2N2O3/c1-2-20(26-21(28)16-17-5-6-18(24)19(25)15-17)22(27-11-3-4-12-27)7-9-23(10-8-22)29-13-14-30-23/h5-6,15,20H,2-4,7-14,16H2,1H3,(H,26,28). The Labute approximate surface area is 196 Å². The molecule has 7 heteroatoms. The van der Waals surface area contributed by atoms with Crippen LogP contribution in [0, 0.1) is 0 Å². The molecule has 0 bridgehead atoms. The van der Waals surface area contributed by atoms with Crippen molar-refractivity contribution in [3.63, 3.8) is 0 Å². The average Bonchev–Trinajstić information content (AvgIpc) is 3.43. The number of halogens is 2. The van der Waals surface area contributed by atoms with Crippen LogP contribution in [0.1, 0.15) is 57.4 Å². The third-order valence-corrected chi connectivity index (χ3v) is 9.05. The molecule has 3 fully saturated rings. The molecular weight excluding hydrogens is 512 g/mol. The third-order valence-electron chi connectivity index (χ3n) is 7.17. The fraction of sp³-hybridized carbons (Fsp3) is 0.696. The summed E-state index contributed by atoms with van der Waals surface area (Å²) in [5.74, 6) is -0.279. The molecule has 1 amide bonds. The number of carbonyl (C=O) groups is 1. The zero-order valence-corrected chi connectivity index (χ0v) is 20.9. The van der Waals surface area contributed by atoms with E-state index in [1.165, 1.54) is 12.8 Å². The van der Waals surface area contributed by atoms with E-state index in [0.29, 0.717) is 19.6 Å². The van der Waals surface area contributed by atoms with Crippen molar-refractivity contribution in [1.29, 1.82) is 0 Å². The number of rotatable bonds is 6. The van der Waals surface area contributed by atoms with Crippen LogP contribution >= 0.6 is 31.9 Å². The van der Waals surface area contributed by atoms with E-state index in [-0.39, 0.29) is 23.3 Å². The average molecular weight is 544 g/mol. The Morgan fingerprint density at radius 3 is 2.37 bits per heavy atom. The number of likely N-dealkylation sites (tertiary alicyclic amines) is 1. The van der Waals surface area contributed by atoms with Gasteiger partial charge in [0.1, 0.15) is 0 Å². The van der Waals surface area contributed by atoms with Crippen molar-refractivity contribution in [3.8, 4) is 0 Å². The highest BCUT2D eigenvalue weighted by Crippen LogP contribution is 2.46. The predicted molar refractivity (Wildman–Crippen MR) is 124 cm³/mol. The highest BCUT2D eigenvalue weighted by Gasteiger charge is 2.52. The van der Waals surface area contributed by atoms with Crippen molar-refractivity contribution in [1.82, 2.24) is 10.2 Å². The molecule has 1 aliphatic carbocycles. The second-order valence-electron chi connectivity index (χ2n) is 8.86. The van der Waals surface area contributed by atoms with Crippen molar-refractivity contribution in [2.45, 2.75) is 75.7 Å². The first-order valence-corrected chi connectivity index (χ1v) is 12.8. The molecule has 1 saturated carbocycles. The summed E-state index contributed by atoms with van der Waals surface area (Å²) in [5, 5.41) is 3.43. The van der Waals surface area contributed by atoms with Crippen molar-refractivity contribution in [3.05, 3.63) is 32.7 Å². The maximum Gasteiger partial charge on any atom is 0.224 e. The lowest BCUT2D eigenvalue weighted by Crippen LogP contribution is -2.64. The van der Waals surface area contributed by atoms with Gasteiger partial charge in [0.05, 0.1) is 19.6 Å². The second kappa shape index (κ2) is 9.57. The van der Waals surface area contributed by atoms with Gasteiger partial charge in [-0.2, -0.15) is 0 Å². The molecule has 1 atom stereocenters.